The van der Waals surface area contributed by atoms with E-state index < -0.39 is 5.97 Å². The number of methoxy groups -OCH3 is 1. The van der Waals surface area contributed by atoms with Crippen molar-refractivity contribution in [3.63, 3.8) is 0 Å². The van der Waals surface area contributed by atoms with Crippen LogP contribution in [0.4, 0.5) is 0 Å². The van der Waals surface area contributed by atoms with Gasteiger partial charge < -0.3 is 19.1 Å². The summed E-state index contributed by atoms with van der Waals surface area (Å²) in [5.41, 5.74) is 0.872. The van der Waals surface area contributed by atoms with Gasteiger partial charge in [0, 0.05) is 17.7 Å². The van der Waals surface area contributed by atoms with Crippen LogP contribution in [0.3, 0.4) is 0 Å². The zero-order chi connectivity index (χ0) is 15.7. The van der Waals surface area contributed by atoms with Gasteiger partial charge in [0.25, 0.3) is 0 Å². The summed E-state index contributed by atoms with van der Waals surface area (Å²) >= 11 is 6.22. The minimum absolute atomic E-state index is 0.176. The third kappa shape index (κ3) is 2.74. The zero-order valence-electron chi connectivity index (χ0n) is 11.8. The second-order valence-electron chi connectivity index (χ2n) is 5.04. The number of aromatic nitrogens is 1. The molecule has 116 valence electrons. The fourth-order valence-electron chi connectivity index (χ4n) is 2.15. The van der Waals surface area contributed by atoms with Crippen molar-refractivity contribution >= 4 is 17.6 Å². The van der Waals surface area contributed by atoms with Gasteiger partial charge in [0.05, 0.1) is 18.2 Å². The predicted molar refractivity (Wildman–Crippen MR) is 78.7 cm³/mol. The molecule has 1 aliphatic rings. The fraction of sp³-hybridized carbons (Fsp3) is 0.333. The number of benzene rings is 1. The Morgan fingerprint density at radius 1 is 1.36 bits per heavy atom. The molecule has 7 heteroatoms. The molecule has 0 unspecified atom stereocenters. The number of halogens is 1. The number of rotatable bonds is 5. The van der Waals surface area contributed by atoms with E-state index in [1.54, 1.807) is 12.1 Å². The Bertz CT molecular complexity index is 708. The Labute approximate surface area is 131 Å². The van der Waals surface area contributed by atoms with Crippen LogP contribution in [0.1, 0.15) is 29.8 Å². The number of carboxylic acid groups (broad SMARTS) is 1. The Kier molecular flexibility index (Phi) is 3.94. The van der Waals surface area contributed by atoms with E-state index in [0.29, 0.717) is 27.8 Å². The van der Waals surface area contributed by atoms with Crippen molar-refractivity contribution < 1.29 is 23.9 Å². The first-order chi connectivity index (χ1) is 10.6. The summed E-state index contributed by atoms with van der Waals surface area (Å²) < 4.78 is 15.9. The Balaban J connectivity index is 1.98. The molecule has 0 aliphatic heterocycles. The van der Waals surface area contributed by atoms with Crippen LogP contribution in [0.2, 0.25) is 5.02 Å². The lowest BCUT2D eigenvalue weighted by Crippen LogP contribution is -2.24. The van der Waals surface area contributed by atoms with Crippen molar-refractivity contribution in [3.8, 4) is 22.8 Å². The van der Waals surface area contributed by atoms with Gasteiger partial charge >= 0.3 is 5.97 Å². The van der Waals surface area contributed by atoms with Crippen LogP contribution in [0.15, 0.2) is 22.7 Å². The van der Waals surface area contributed by atoms with Crippen molar-refractivity contribution in [1.29, 1.82) is 0 Å². The van der Waals surface area contributed by atoms with E-state index in [4.69, 9.17) is 30.7 Å². The van der Waals surface area contributed by atoms with Crippen molar-refractivity contribution in [2.24, 2.45) is 0 Å². The maximum atomic E-state index is 10.9. The third-order valence-corrected chi connectivity index (χ3v) is 3.91. The lowest BCUT2D eigenvalue weighted by atomic mass is 9.96. The van der Waals surface area contributed by atoms with E-state index in [1.165, 1.54) is 13.2 Å². The second-order valence-corrected chi connectivity index (χ2v) is 5.44. The van der Waals surface area contributed by atoms with Gasteiger partial charge in [-0.25, -0.2) is 4.79 Å². The van der Waals surface area contributed by atoms with E-state index >= 15 is 0 Å². The molecule has 0 bridgehead atoms. The molecule has 6 nitrogen and oxygen atoms in total. The van der Waals surface area contributed by atoms with Gasteiger partial charge in [-0.15, -0.1) is 0 Å². The highest BCUT2D eigenvalue weighted by atomic mass is 35.5. The molecule has 1 aromatic carbocycles. The number of aromatic carboxylic acids is 1. The van der Waals surface area contributed by atoms with Crippen molar-refractivity contribution in [3.05, 3.63) is 29.0 Å². The summed E-state index contributed by atoms with van der Waals surface area (Å²) in [5.74, 6) is -0.341. The van der Waals surface area contributed by atoms with Crippen LogP contribution in [0, 0.1) is 0 Å². The van der Waals surface area contributed by atoms with Gasteiger partial charge in [0.15, 0.2) is 11.5 Å². The Morgan fingerprint density at radius 2 is 2.14 bits per heavy atom. The van der Waals surface area contributed by atoms with E-state index in [2.05, 4.69) is 5.16 Å². The molecule has 1 fully saturated rings. The predicted octanol–water partition coefficient (Wildman–Crippen LogP) is 3.63. The van der Waals surface area contributed by atoms with E-state index in [0.717, 1.165) is 19.3 Å². The van der Waals surface area contributed by atoms with Gasteiger partial charge in [0.1, 0.15) is 5.69 Å². The highest BCUT2D eigenvalue weighted by Gasteiger charge is 2.23. The normalized spacial score (nSPS) is 14.5. The topological polar surface area (TPSA) is 81.8 Å². The first-order valence-corrected chi connectivity index (χ1v) is 7.21. The van der Waals surface area contributed by atoms with Crippen LogP contribution in [0.25, 0.3) is 11.3 Å². The molecule has 1 N–H and O–H groups in total. The summed E-state index contributed by atoms with van der Waals surface area (Å²) in [7, 11) is 1.54. The SMILES string of the molecule is COc1cc(Cl)c(-c2cc(C(=O)O)on2)cc1OC1CCC1. The van der Waals surface area contributed by atoms with Gasteiger partial charge in [0.2, 0.25) is 5.76 Å². The number of ether oxygens (including phenoxy) is 2. The van der Waals surface area contributed by atoms with E-state index in [-0.39, 0.29) is 11.9 Å². The molecule has 0 atom stereocenters. The average Bonchev–Trinajstić information content (AvgIpc) is 2.93. The summed E-state index contributed by atoms with van der Waals surface area (Å²) in [4.78, 5) is 10.9. The molecule has 0 amide bonds. The number of hydrogen-bond donors (Lipinski definition) is 1. The summed E-state index contributed by atoms with van der Waals surface area (Å²) in [6.07, 6.45) is 3.34. The highest BCUT2D eigenvalue weighted by molar-refractivity contribution is 6.33. The molecule has 0 spiro atoms. The molecule has 2 aromatic rings. The van der Waals surface area contributed by atoms with Gasteiger partial charge in [-0.2, -0.15) is 0 Å². The molecular weight excluding hydrogens is 310 g/mol. The molecule has 22 heavy (non-hydrogen) atoms. The zero-order valence-corrected chi connectivity index (χ0v) is 12.6. The van der Waals surface area contributed by atoms with Crippen LogP contribution >= 0.6 is 11.6 Å². The van der Waals surface area contributed by atoms with Crippen molar-refractivity contribution in [2.75, 3.05) is 7.11 Å². The number of hydrogen-bond acceptors (Lipinski definition) is 5. The molecule has 1 saturated carbocycles. The summed E-state index contributed by atoms with van der Waals surface area (Å²) in [6.45, 7) is 0. The van der Waals surface area contributed by atoms with E-state index in [9.17, 15) is 4.79 Å². The Hall–Kier alpha value is -2.21. The Morgan fingerprint density at radius 3 is 2.68 bits per heavy atom. The van der Waals surface area contributed by atoms with Crippen molar-refractivity contribution in [2.45, 2.75) is 25.4 Å². The molecule has 1 heterocycles. The molecule has 1 aromatic heterocycles. The second kappa shape index (κ2) is 5.88. The molecule has 0 saturated heterocycles. The number of nitrogens with zero attached hydrogens (tertiary/aromatic N) is 1. The maximum absolute atomic E-state index is 10.9. The molecular formula is C15H14ClNO5. The lowest BCUT2D eigenvalue weighted by molar-refractivity contribution is 0.0652. The molecule has 3 rings (SSSR count). The lowest BCUT2D eigenvalue weighted by Gasteiger charge is -2.27. The van der Waals surface area contributed by atoms with Crippen LogP contribution in [0.5, 0.6) is 11.5 Å². The minimum atomic E-state index is -1.19. The largest absolute Gasteiger partial charge is 0.493 e. The first-order valence-electron chi connectivity index (χ1n) is 6.83. The quantitative estimate of drug-likeness (QED) is 0.904. The van der Waals surface area contributed by atoms with E-state index in [1.807, 2.05) is 0 Å². The summed E-state index contributed by atoms with van der Waals surface area (Å²) in [6, 6.07) is 4.64. The minimum Gasteiger partial charge on any atom is -0.493 e. The van der Waals surface area contributed by atoms with Gasteiger partial charge in [-0.1, -0.05) is 16.8 Å². The maximum Gasteiger partial charge on any atom is 0.374 e. The van der Waals surface area contributed by atoms with Crippen LogP contribution < -0.4 is 9.47 Å². The smallest absolute Gasteiger partial charge is 0.374 e. The van der Waals surface area contributed by atoms with Gasteiger partial charge in [-0.3, -0.25) is 0 Å². The van der Waals surface area contributed by atoms with Gasteiger partial charge in [-0.05, 0) is 25.3 Å². The number of carbonyl (C=O) groups is 1. The standard InChI is InChI=1S/C15H14ClNO5/c1-20-12-6-10(16)9(5-13(12)21-8-3-2-4-8)11-7-14(15(18)19)22-17-11/h5-8H,2-4H2,1H3,(H,18,19). The van der Waals surface area contributed by atoms with Crippen LogP contribution in [-0.2, 0) is 0 Å². The summed E-state index contributed by atoms with van der Waals surface area (Å²) in [5, 5.41) is 13.0. The fourth-order valence-corrected chi connectivity index (χ4v) is 2.40. The first kappa shape index (κ1) is 14.7. The molecule has 0 radical (unpaired) electrons. The number of carboxylic acids is 1. The third-order valence-electron chi connectivity index (χ3n) is 3.60. The average molecular weight is 324 g/mol. The highest BCUT2D eigenvalue weighted by Crippen LogP contribution is 2.40. The monoisotopic (exact) mass is 323 g/mol. The van der Waals surface area contributed by atoms with Crippen LogP contribution in [-0.4, -0.2) is 29.4 Å². The molecule has 1 aliphatic carbocycles. The van der Waals surface area contributed by atoms with Crippen molar-refractivity contribution in [1.82, 2.24) is 5.16 Å².